The molecule has 2 aliphatic heterocycles. The van der Waals surface area contributed by atoms with Crippen molar-refractivity contribution >= 4 is 35.0 Å². The van der Waals surface area contributed by atoms with Crippen molar-refractivity contribution in [3.05, 3.63) is 115 Å². The van der Waals surface area contributed by atoms with Crippen molar-refractivity contribution in [3.8, 4) is 0 Å². The Kier molecular flexibility index (Phi) is 7.00. The predicted molar refractivity (Wildman–Crippen MR) is 149 cm³/mol. The molecule has 0 N–H and O–H groups in total. The van der Waals surface area contributed by atoms with E-state index in [9.17, 15) is 9.59 Å². The molecular weight excluding hydrogens is 514 g/mol. The second-order valence-electron chi connectivity index (χ2n) is 9.12. The first-order valence-electron chi connectivity index (χ1n) is 12.9. The highest BCUT2D eigenvalue weighted by Crippen LogP contribution is 2.35. The lowest BCUT2D eigenvalue weighted by Crippen LogP contribution is -2.39. The molecule has 0 saturated carbocycles. The van der Waals surface area contributed by atoms with Crippen LogP contribution >= 0.6 is 11.3 Å². The topological polar surface area (TPSA) is 86.3 Å². The molecule has 2 aliphatic rings. The number of thiazole rings is 1. The predicted octanol–water partition coefficient (Wildman–Crippen LogP) is 3.37. The summed E-state index contributed by atoms with van der Waals surface area (Å²) in [4.78, 5) is 34.9. The van der Waals surface area contributed by atoms with Crippen LogP contribution in [0.5, 0.6) is 0 Å². The summed E-state index contributed by atoms with van der Waals surface area (Å²) in [6.07, 6.45) is 1.74. The fourth-order valence-corrected chi connectivity index (χ4v) is 5.87. The van der Waals surface area contributed by atoms with Crippen LogP contribution in [0.15, 0.2) is 92.6 Å². The van der Waals surface area contributed by atoms with Crippen molar-refractivity contribution in [1.82, 2.24) is 4.57 Å². The van der Waals surface area contributed by atoms with Gasteiger partial charge >= 0.3 is 5.97 Å². The van der Waals surface area contributed by atoms with Gasteiger partial charge in [0, 0.05) is 30.8 Å². The number of morpholine rings is 1. The van der Waals surface area contributed by atoms with Gasteiger partial charge in [0.05, 0.1) is 41.7 Å². The number of fused-ring (bicyclic) bond motifs is 1. The lowest BCUT2D eigenvalue weighted by atomic mass is 9.93. The van der Waals surface area contributed by atoms with E-state index in [1.54, 1.807) is 17.6 Å². The lowest BCUT2D eigenvalue weighted by molar-refractivity contribution is -0.138. The summed E-state index contributed by atoms with van der Waals surface area (Å²) in [7, 11) is 0. The number of rotatable bonds is 6. The van der Waals surface area contributed by atoms with E-state index in [1.165, 1.54) is 11.3 Å². The minimum absolute atomic E-state index is 0.209. The third-order valence-corrected chi connectivity index (χ3v) is 7.68. The third-order valence-electron chi connectivity index (χ3n) is 6.70. The molecule has 4 aromatic rings. The fraction of sp³-hybridized carbons (Fsp3) is 0.233. The van der Waals surface area contributed by atoms with Crippen molar-refractivity contribution < 1.29 is 18.7 Å². The van der Waals surface area contributed by atoms with Crippen LogP contribution in [0.3, 0.4) is 0 Å². The number of carbonyl (C=O) groups is 1. The van der Waals surface area contributed by atoms with Gasteiger partial charge in [0.15, 0.2) is 10.7 Å². The molecule has 0 unspecified atom stereocenters. The van der Waals surface area contributed by atoms with Gasteiger partial charge < -0.3 is 18.8 Å². The SMILES string of the molecule is CCOC(=O)C1=C(c2ccccc2)N=c2s/c(=C\c3ccc(N4CCOCC4)o3)c(=O)n2[C@H]1c1ccccc1. The van der Waals surface area contributed by atoms with E-state index in [-0.39, 0.29) is 12.2 Å². The molecule has 9 heteroatoms. The van der Waals surface area contributed by atoms with Crippen LogP contribution in [0.4, 0.5) is 5.88 Å². The van der Waals surface area contributed by atoms with Crippen molar-refractivity contribution in [2.75, 3.05) is 37.8 Å². The smallest absolute Gasteiger partial charge is 0.338 e. The number of carbonyl (C=O) groups excluding carboxylic acids is 1. The second kappa shape index (κ2) is 10.9. The average Bonchev–Trinajstić information content (AvgIpc) is 3.58. The summed E-state index contributed by atoms with van der Waals surface area (Å²) in [5.74, 6) is 0.825. The summed E-state index contributed by atoms with van der Waals surface area (Å²) >= 11 is 1.27. The number of furan rings is 1. The standard InChI is InChI=1S/C30H27N3O5S/c1-2-37-29(35)25-26(20-9-5-3-6-10-20)31-30-33(27(25)21-11-7-4-8-12-21)28(34)23(39-30)19-22-13-14-24(38-22)32-15-17-36-18-16-32/h3-14,19,27H,2,15-18H2,1H3/b23-19-/t27-/m0/s1. The van der Waals surface area contributed by atoms with Crippen LogP contribution in [0.25, 0.3) is 11.8 Å². The van der Waals surface area contributed by atoms with Crippen molar-refractivity contribution in [2.45, 2.75) is 13.0 Å². The molecule has 0 radical (unpaired) electrons. The quantitative estimate of drug-likeness (QED) is 0.348. The molecule has 0 spiro atoms. The second-order valence-corrected chi connectivity index (χ2v) is 10.1. The molecular formula is C30H27N3O5S. The van der Waals surface area contributed by atoms with Crippen LogP contribution in [0, 0.1) is 0 Å². The number of hydrogen-bond donors (Lipinski definition) is 0. The third kappa shape index (κ3) is 4.86. The van der Waals surface area contributed by atoms with Gasteiger partial charge in [-0.2, -0.15) is 0 Å². The van der Waals surface area contributed by atoms with E-state index in [0.717, 1.165) is 30.1 Å². The lowest BCUT2D eigenvalue weighted by Gasteiger charge is -2.26. The molecule has 8 nitrogen and oxygen atoms in total. The maximum Gasteiger partial charge on any atom is 0.338 e. The zero-order valence-corrected chi connectivity index (χ0v) is 22.2. The summed E-state index contributed by atoms with van der Waals surface area (Å²) in [5.41, 5.74) is 2.17. The highest BCUT2D eigenvalue weighted by Gasteiger charge is 2.35. The molecule has 39 heavy (non-hydrogen) atoms. The number of hydrogen-bond acceptors (Lipinski definition) is 8. The van der Waals surface area contributed by atoms with E-state index in [4.69, 9.17) is 18.9 Å². The zero-order valence-electron chi connectivity index (χ0n) is 21.4. The molecule has 1 fully saturated rings. The molecule has 2 aromatic carbocycles. The van der Waals surface area contributed by atoms with Gasteiger partial charge in [-0.1, -0.05) is 72.0 Å². The first-order valence-corrected chi connectivity index (χ1v) is 13.7. The van der Waals surface area contributed by atoms with Gasteiger partial charge in [-0.05, 0) is 18.6 Å². The average molecular weight is 542 g/mol. The number of nitrogens with zero attached hydrogens (tertiary/aromatic N) is 3. The zero-order chi connectivity index (χ0) is 26.8. The van der Waals surface area contributed by atoms with Crippen LogP contribution < -0.4 is 19.8 Å². The summed E-state index contributed by atoms with van der Waals surface area (Å²) in [6.45, 7) is 4.79. The molecule has 2 aromatic heterocycles. The van der Waals surface area contributed by atoms with Gasteiger partial charge in [-0.25, -0.2) is 9.79 Å². The Morgan fingerprint density at radius 1 is 1.05 bits per heavy atom. The van der Waals surface area contributed by atoms with E-state index in [2.05, 4.69) is 4.90 Å². The Balaban J connectivity index is 1.53. The number of esters is 1. The molecule has 198 valence electrons. The summed E-state index contributed by atoms with van der Waals surface area (Å²) in [6, 6.07) is 22.1. The summed E-state index contributed by atoms with van der Waals surface area (Å²) < 4.78 is 19.1. The molecule has 0 aliphatic carbocycles. The molecule has 0 bridgehead atoms. The maximum absolute atomic E-state index is 13.9. The van der Waals surface area contributed by atoms with Crippen molar-refractivity contribution in [3.63, 3.8) is 0 Å². The van der Waals surface area contributed by atoms with Gasteiger partial charge in [-0.3, -0.25) is 9.36 Å². The Hall–Kier alpha value is -4.21. The van der Waals surface area contributed by atoms with Gasteiger partial charge in [0.25, 0.3) is 5.56 Å². The normalized spacial score (nSPS) is 17.6. The Bertz CT molecular complexity index is 1700. The number of benzene rings is 2. The van der Waals surface area contributed by atoms with Crippen LogP contribution in [-0.4, -0.2) is 43.4 Å². The molecule has 4 heterocycles. The minimum atomic E-state index is -0.695. The van der Waals surface area contributed by atoms with Crippen molar-refractivity contribution in [2.24, 2.45) is 4.99 Å². The monoisotopic (exact) mass is 541 g/mol. The van der Waals surface area contributed by atoms with Crippen LogP contribution in [-0.2, 0) is 14.3 Å². The van der Waals surface area contributed by atoms with E-state index >= 15 is 0 Å². The minimum Gasteiger partial charge on any atom is -0.463 e. The maximum atomic E-state index is 13.9. The summed E-state index contributed by atoms with van der Waals surface area (Å²) in [5, 5.41) is 0. The van der Waals surface area contributed by atoms with Crippen LogP contribution in [0.2, 0.25) is 0 Å². The highest BCUT2D eigenvalue weighted by atomic mass is 32.1. The van der Waals surface area contributed by atoms with Gasteiger partial charge in [-0.15, -0.1) is 0 Å². The Labute approximate surface area is 228 Å². The largest absolute Gasteiger partial charge is 0.463 e. The van der Waals surface area contributed by atoms with Crippen LogP contribution in [0.1, 0.15) is 29.9 Å². The van der Waals surface area contributed by atoms with E-state index < -0.39 is 12.0 Å². The van der Waals surface area contributed by atoms with E-state index in [0.29, 0.717) is 39.6 Å². The first-order chi connectivity index (χ1) is 19.1. The first kappa shape index (κ1) is 25.1. The highest BCUT2D eigenvalue weighted by molar-refractivity contribution is 7.07. The molecule has 1 atom stereocenters. The van der Waals surface area contributed by atoms with Gasteiger partial charge in [0.1, 0.15) is 5.76 Å². The molecule has 1 saturated heterocycles. The van der Waals surface area contributed by atoms with E-state index in [1.807, 2.05) is 72.8 Å². The van der Waals surface area contributed by atoms with Gasteiger partial charge in [0.2, 0.25) is 0 Å². The molecule has 6 rings (SSSR count). The number of aromatic nitrogens is 1. The Morgan fingerprint density at radius 2 is 1.77 bits per heavy atom. The number of ether oxygens (including phenoxy) is 2. The molecule has 0 amide bonds. The Morgan fingerprint density at radius 3 is 2.49 bits per heavy atom. The number of anilines is 1. The van der Waals surface area contributed by atoms with Crippen molar-refractivity contribution in [1.29, 1.82) is 0 Å². The fourth-order valence-electron chi connectivity index (χ4n) is 4.89.